The van der Waals surface area contributed by atoms with E-state index in [1.807, 2.05) is 41.5 Å². The number of fused-ring (bicyclic) bond motifs is 4. The normalized spacial score (nSPS) is 32.9. The molecule has 8 heteroatoms. The lowest BCUT2D eigenvalue weighted by atomic mass is 9.54. The fraction of sp³-hybridized carbons (Fsp3) is 0.692. The molecule has 0 aliphatic heterocycles. The molecule has 2 saturated carbocycles. The van der Waals surface area contributed by atoms with Crippen LogP contribution in [0.15, 0.2) is 21.4 Å². The predicted octanol–water partition coefficient (Wildman–Crippen LogP) is 8.28. The molecular weight excluding hydrogens is 596 g/mol. The summed E-state index contributed by atoms with van der Waals surface area (Å²) in [6, 6.07) is 0. The minimum atomic E-state index is -0.182. The predicted molar refractivity (Wildman–Crippen MR) is 177 cm³/mol. The third kappa shape index (κ3) is 6.26. The highest BCUT2D eigenvalue weighted by atomic mass is 16.5. The van der Waals surface area contributed by atoms with Gasteiger partial charge in [-0.1, -0.05) is 55.4 Å². The molecule has 2 heterocycles. The van der Waals surface area contributed by atoms with Crippen LogP contribution < -0.4 is 0 Å². The second kappa shape index (κ2) is 13.0. The summed E-state index contributed by atoms with van der Waals surface area (Å²) in [5.74, 6) is 1.50. The molecule has 4 aliphatic carbocycles. The summed E-state index contributed by atoms with van der Waals surface area (Å²) in [6.07, 6.45) is 8.29. The molecular formula is C39H54O8. The molecule has 0 N–H and O–H groups in total. The van der Waals surface area contributed by atoms with E-state index in [2.05, 4.69) is 27.7 Å². The molecule has 0 radical (unpaired) electrons. The lowest BCUT2D eigenvalue weighted by Gasteiger charge is -2.50. The number of furan rings is 2. The van der Waals surface area contributed by atoms with Crippen LogP contribution in [0.3, 0.4) is 0 Å². The lowest BCUT2D eigenvalue weighted by molar-refractivity contribution is -0.163. The van der Waals surface area contributed by atoms with Crippen molar-refractivity contribution in [2.24, 2.45) is 46.3 Å². The number of hydrogen-bond acceptors (Lipinski definition) is 8. The van der Waals surface area contributed by atoms with Crippen molar-refractivity contribution in [3.05, 3.63) is 46.3 Å². The third-order valence-corrected chi connectivity index (χ3v) is 12.3. The molecule has 47 heavy (non-hydrogen) atoms. The topological polar surface area (TPSA) is 113 Å². The highest BCUT2D eigenvalue weighted by Gasteiger charge is 2.55. The van der Waals surface area contributed by atoms with E-state index in [1.54, 1.807) is 12.5 Å². The van der Waals surface area contributed by atoms with E-state index in [1.165, 1.54) is 0 Å². The van der Waals surface area contributed by atoms with E-state index in [4.69, 9.17) is 18.3 Å². The van der Waals surface area contributed by atoms with Gasteiger partial charge in [0, 0.05) is 29.4 Å². The molecule has 0 spiro atoms. The van der Waals surface area contributed by atoms with Crippen LogP contribution >= 0.6 is 0 Å². The quantitative estimate of drug-likeness (QED) is 0.297. The van der Waals surface area contributed by atoms with Gasteiger partial charge in [0.2, 0.25) is 11.6 Å². The maximum absolute atomic E-state index is 12.9. The zero-order chi connectivity index (χ0) is 34.6. The number of hydrogen-bond donors (Lipinski definition) is 0. The number of ether oxygens (including phenoxy) is 2. The summed E-state index contributed by atoms with van der Waals surface area (Å²) in [7, 11) is 0. The number of Topliss-reactive ketones (excluding diaryl/α,β-unsaturated/α-hetero) is 2. The van der Waals surface area contributed by atoms with Gasteiger partial charge in [0.25, 0.3) is 0 Å². The zero-order valence-electron chi connectivity index (χ0n) is 30.0. The fourth-order valence-corrected chi connectivity index (χ4v) is 8.76. The number of carbonyl (C=O) groups is 4. The SMILES string of the molecule is Cc1coc2c1CC1(C)C(CCC(OC(=O)C(C)C)C1C)C2=O.Cc1coc2c1CC1(C)C(CCC(OC(=O)CC(C)C)C1C)C2=O. The van der Waals surface area contributed by atoms with Crippen LogP contribution in [0.25, 0.3) is 0 Å². The van der Waals surface area contributed by atoms with Crippen LogP contribution in [-0.2, 0) is 31.9 Å². The van der Waals surface area contributed by atoms with Crippen LogP contribution in [0.2, 0.25) is 0 Å². The van der Waals surface area contributed by atoms with Gasteiger partial charge in [0.15, 0.2) is 11.5 Å². The standard InChI is InChI=1S/C20H28O4.C19H26O4/c1-11(2)8-17(21)24-16-7-6-15-18(22)19-14(12(3)10-23-19)9-20(15,5)13(16)4;1-10(2)18(21)23-15-7-6-14-16(20)17-13(11(3)9-22-17)8-19(14,5)12(15)4/h10-11,13,15-16H,6-9H2,1-5H3;9-10,12,14-15H,6-8H2,1-5H3. The van der Waals surface area contributed by atoms with Gasteiger partial charge in [0.05, 0.1) is 18.4 Å². The number of carbonyl (C=O) groups excluding carboxylic acids is 4. The maximum Gasteiger partial charge on any atom is 0.308 e. The number of ketones is 2. The Labute approximate surface area is 279 Å². The molecule has 258 valence electrons. The van der Waals surface area contributed by atoms with Crippen LogP contribution in [0, 0.1) is 60.2 Å². The van der Waals surface area contributed by atoms with E-state index in [0.717, 1.165) is 60.8 Å². The first-order chi connectivity index (χ1) is 22.0. The largest absolute Gasteiger partial charge is 0.462 e. The number of aryl methyl sites for hydroxylation is 2. The summed E-state index contributed by atoms with van der Waals surface area (Å²) in [4.78, 5) is 49.8. The van der Waals surface area contributed by atoms with Crippen molar-refractivity contribution in [1.29, 1.82) is 0 Å². The van der Waals surface area contributed by atoms with Crippen LogP contribution in [0.5, 0.6) is 0 Å². The Morgan fingerprint density at radius 3 is 1.60 bits per heavy atom. The summed E-state index contributed by atoms with van der Waals surface area (Å²) in [5.41, 5.74) is 3.81. The van der Waals surface area contributed by atoms with E-state index in [0.29, 0.717) is 23.9 Å². The van der Waals surface area contributed by atoms with Gasteiger partial charge in [-0.05, 0) is 92.1 Å². The molecule has 8 atom stereocenters. The molecule has 8 nitrogen and oxygen atoms in total. The maximum atomic E-state index is 12.9. The van der Waals surface area contributed by atoms with E-state index in [9.17, 15) is 19.2 Å². The summed E-state index contributed by atoms with van der Waals surface area (Å²) in [6.45, 7) is 20.3. The highest BCUT2D eigenvalue weighted by Crippen LogP contribution is 2.54. The van der Waals surface area contributed by atoms with Crippen LogP contribution in [0.4, 0.5) is 0 Å². The Morgan fingerprint density at radius 2 is 1.19 bits per heavy atom. The van der Waals surface area contributed by atoms with Gasteiger partial charge < -0.3 is 18.3 Å². The highest BCUT2D eigenvalue weighted by molar-refractivity contribution is 5.99. The Balaban J connectivity index is 0.000000185. The van der Waals surface area contributed by atoms with Crippen molar-refractivity contribution in [2.75, 3.05) is 0 Å². The first kappa shape index (κ1) is 35.2. The van der Waals surface area contributed by atoms with Crippen LogP contribution in [0.1, 0.15) is 131 Å². The van der Waals surface area contributed by atoms with Crippen molar-refractivity contribution in [1.82, 2.24) is 0 Å². The number of esters is 2. The summed E-state index contributed by atoms with van der Waals surface area (Å²) < 4.78 is 22.6. The van der Waals surface area contributed by atoms with Crippen molar-refractivity contribution in [3.8, 4) is 0 Å². The molecule has 0 bridgehead atoms. The molecule has 2 fully saturated rings. The molecule has 0 amide bonds. The molecule has 2 aromatic heterocycles. The van der Waals surface area contributed by atoms with Gasteiger partial charge in [0.1, 0.15) is 12.2 Å². The van der Waals surface area contributed by atoms with Crippen molar-refractivity contribution in [3.63, 3.8) is 0 Å². The molecule has 2 aromatic rings. The summed E-state index contributed by atoms with van der Waals surface area (Å²) >= 11 is 0. The molecule has 4 aliphatic rings. The third-order valence-electron chi connectivity index (χ3n) is 12.3. The van der Waals surface area contributed by atoms with Crippen molar-refractivity contribution in [2.45, 2.75) is 126 Å². The van der Waals surface area contributed by atoms with Gasteiger partial charge in [-0.3, -0.25) is 19.2 Å². The van der Waals surface area contributed by atoms with E-state index in [-0.39, 0.29) is 76.1 Å². The van der Waals surface area contributed by atoms with E-state index < -0.39 is 0 Å². The van der Waals surface area contributed by atoms with Gasteiger partial charge >= 0.3 is 11.9 Å². The van der Waals surface area contributed by atoms with Gasteiger partial charge in [-0.15, -0.1) is 0 Å². The van der Waals surface area contributed by atoms with E-state index >= 15 is 0 Å². The monoisotopic (exact) mass is 650 g/mol. The molecule has 6 rings (SSSR count). The average molecular weight is 651 g/mol. The minimum absolute atomic E-state index is 0.0365. The van der Waals surface area contributed by atoms with Gasteiger partial charge in [-0.25, -0.2) is 0 Å². The smallest absolute Gasteiger partial charge is 0.308 e. The Bertz CT molecular complexity index is 1520. The minimum Gasteiger partial charge on any atom is -0.462 e. The number of rotatable bonds is 5. The molecule has 8 unspecified atom stereocenters. The zero-order valence-corrected chi connectivity index (χ0v) is 30.0. The first-order valence-electron chi connectivity index (χ1n) is 17.6. The Kier molecular flexibility index (Phi) is 9.75. The van der Waals surface area contributed by atoms with Gasteiger partial charge in [-0.2, -0.15) is 0 Å². The summed E-state index contributed by atoms with van der Waals surface area (Å²) in [5, 5.41) is 0. The lowest BCUT2D eigenvalue weighted by Crippen LogP contribution is -2.52. The average Bonchev–Trinajstić information content (AvgIpc) is 3.55. The fourth-order valence-electron chi connectivity index (χ4n) is 8.76. The molecule has 0 aromatic carbocycles. The van der Waals surface area contributed by atoms with Crippen LogP contribution in [-0.4, -0.2) is 35.7 Å². The Hall–Kier alpha value is -3.16. The molecule has 0 saturated heterocycles. The second-order valence-electron chi connectivity index (χ2n) is 16.1. The van der Waals surface area contributed by atoms with Crippen molar-refractivity contribution >= 4 is 23.5 Å². The van der Waals surface area contributed by atoms with Crippen molar-refractivity contribution < 1.29 is 37.5 Å². The first-order valence-corrected chi connectivity index (χ1v) is 17.6. The Morgan fingerprint density at radius 1 is 0.766 bits per heavy atom. The second-order valence-corrected chi connectivity index (χ2v) is 16.1.